The van der Waals surface area contributed by atoms with Crippen molar-refractivity contribution in [2.75, 3.05) is 49.5 Å². The van der Waals surface area contributed by atoms with Crippen LogP contribution in [-0.2, 0) is 4.74 Å². The molecular formula is C23H30N6O3. The maximum atomic E-state index is 12.1. The maximum absolute atomic E-state index is 12.1. The van der Waals surface area contributed by atoms with E-state index in [2.05, 4.69) is 68.4 Å². The average Bonchev–Trinajstić information content (AvgIpc) is 3.22. The lowest BCUT2D eigenvalue weighted by molar-refractivity contribution is 0.0517. The first-order valence-corrected chi connectivity index (χ1v) is 11.1. The number of ether oxygens (including phenoxy) is 1. The van der Waals surface area contributed by atoms with Gasteiger partial charge in [-0.05, 0) is 51.4 Å². The zero-order valence-electron chi connectivity index (χ0n) is 18.9. The summed E-state index contributed by atoms with van der Waals surface area (Å²) in [5.74, 6) is 0.00139. The van der Waals surface area contributed by atoms with Gasteiger partial charge >= 0.3 is 5.97 Å². The summed E-state index contributed by atoms with van der Waals surface area (Å²) in [6.45, 7) is 11.2. The van der Waals surface area contributed by atoms with Gasteiger partial charge in [0, 0.05) is 37.9 Å². The molecule has 32 heavy (non-hydrogen) atoms. The van der Waals surface area contributed by atoms with Crippen LogP contribution in [0.5, 0.6) is 0 Å². The highest BCUT2D eigenvalue weighted by Crippen LogP contribution is 2.24. The molecule has 1 atom stereocenters. The van der Waals surface area contributed by atoms with Gasteiger partial charge in [0.1, 0.15) is 17.5 Å². The topological polar surface area (TPSA) is 96.6 Å². The fourth-order valence-corrected chi connectivity index (χ4v) is 4.20. The Balaban J connectivity index is 1.30. The van der Waals surface area contributed by atoms with E-state index in [9.17, 15) is 4.79 Å². The number of hydrogen-bond donors (Lipinski definition) is 1. The summed E-state index contributed by atoms with van der Waals surface area (Å²) in [6, 6.07) is 9.18. The molecule has 1 aliphatic heterocycles. The van der Waals surface area contributed by atoms with Crippen molar-refractivity contribution in [2.24, 2.45) is 0 Å². The van der Waals surface area contributed by atoms with Crippen molar-refractivity contribution in [3.8, 4) is 0 Å². The SMILES string of the molecule is CCOC(=O)c1noc2ncnc(NCCCN3CCN(c4cccc(C)c4)C(C)C3)c12. The summed E-state index contributed by atoms with van der Waals surface area (Å²) in [6.07, 6.45) is 2.35. The van der Waals surface area contributed by atoms with Crippen molar-refractivity contribution >= 4 is 28.6 Å². The number of aryl methyl sites for hydroxylation is 1. The Morgan fingerprint density at radius 2 is 2.19 bits per heavy atom. The lowest BCUT2D eigenvalue weighted by atomic mass is 10.1. The van der Waals surface area contributed by atoms with Crippen LogP contribution < -0.4 is 10.2 Å². The molecule has 0 radical (unpaired) electrons. The second-order valence-corrected chi connectivity index (χ2v) is 8.12. The highest BCUT2D eigenvalue weighted by atomic mass is 16.5. The predicted molar refractivity (Wildman–Crippen MR) is 123 cm³/mol. The van der Waals surface area contributed by atoms with Crippen LogP contribution in [0, 0.1) is 6.92 Å². The number of benzene rings is 1. The Morgan fingerprint density at radius 1 is 1.31 bits per heavy atom. The van der Waals surface area contributed by atoms with E-state index in [-0.39, 0.29) is 18.0 Å². The van der Waals surface area contributed by atoms with Gasteiger partial charge in [0.2, 0.25) is 5.69 Å². The zero-order chi connectivity index (χ0) is 22.5. The van der Waals surface area contributed by atoms with Crippen molar-refractivity contribution in [3.63, 3.8) is 0 Å². The fourth-order valence-electron chi connectivity index (χ4n) is 4.20. The van der Waals surface area contributed by atoms with Gasteiger partial charge in [-0.2, -0.15) is 4.98 Å². The third-order valence-corrected chi connectivity index (χ3v) is 5.73. The molecule has 9 nitrogen and oxygen atoms in total. The molecule has 1 aromatic carbocycles. The molecule has 1 fully saturated rings. The molecule has 4 rings (SSSR count). The largest absolute Gasteiger partial charge is 0.461 e. The molecule has 0 spiro atoms. The Labute approximate surface area is 187 Å². The fraction of sp³-hybridized carbons (Fsp3) is 0.478. The normalized spacial score (nSPS) is 17.0. The highest BCUT2D eigenvalue weighted by molar-refractivity contribution is 6.04. The van der Waals surface area contributed by atoms with Crippen LogP contribution in [0.4, 0.5) is 11.5 Å². The van der Waals surface area contributed by atoms with E-state index in [0.717, 1.165) is 32.6 Å². The van der Waals surface area contributed by atoms with Crippen molar-refractivity contribution in [3.05, 3.63) is 41.9 Å². The van der Waals surface area contributed by atoms with E-state index in [4.69, 9.17) is 9.26 Å². The third kappa shape index (κ3) is 4.83. The van der Waals surface area contributed by atoms with Gasteiger partial charge in [-0.15, -0.1) is 0 Å². The standard InChI is InChI=1S/C23H30N6O3/c1-4-31-23(30)20-19-21(25-15-26-22(19)32-27-20)24-9-6-10-28-11-12-29(17(3)14-28)18-8-5-7-16(2)13-18/h5,7-8,13,15,17H,4,6,9-12,14H2,1-3H3,(H,24,25,26). The number of piperazine rings is 1. The number of carbonyl (C=O) groups excluding carboxylic acids is 1. The molecule has 9 heteroatoms. The first-order chi connectivity index (χ1) is 15.6. The first-order valence-electron chi connectivity index (χ1n) is 11.1. The minimum Gasteiger partial charge on any atom is -0.461 e. The number of esters is 1. The van der Waals surface area contributed by atoms with Gasteiger partial charge in [0.05, 0.1) is 6.61 Å². The van der Waals surface area contributed by atoms with Crippen molar-refractivity contribution in [2.45, 2.75) is 33.2 Å². The van der Waals surface area contributed by atoms with Crippen LogP contribution in [0.3, 0.4) is 0 Å². The molecule has 0 aliphatic carbocycles. The number of fused-ring (bicyclic) bond motifs is 1. The highest BCUT2D eigenvalue weighted by Gasteiger charge is 2.24. The molecule has 170 valence electrons. The lowest BCUT2D eigenvalue weighted by Gasteiger charge is -2.41. The minimum absolute atomic E-state index is 0.103. The molecule has 2 aromatic heterocycles. The molecule has 1 unspecified atom stereocenters. The van der Waals surface area contributed by atoms with Crippen LogP contribution in [0.25, 0.3) is 11.1 Å². The molecule has 3 aromatic rings. The van der Waals surface area contributed by atoms with E-state index in [1.165, 1.54) is 17.6 Å². The van der Waals surface area contributed by atoms with Gasteiger partial charge in [-0.25, -0.2) is 9.78 Å². The number of anilines is 2. The van der Waals surface area contributed by atoms with Crippen LogP contribution in [0.15, 0.2) is 35.1 Å². The smallest absolute Gasteiger partial charge is 0.361 e. The summed E-state index contributed by atoms with van der Waals surface area (Å²) in [4.78, 5) is 25.5. The second kappa shape index (κ2) is 9.95. The molecule has 0 saturated carbocycles. The Morgan fingerprint density at radius 3 is 2.97 bits per heavy atom. The van der Waals surface area contributed by atoms with Gasteiger partial charge < -0.3 is 19.5 Å². The van der Waals surface area contributed by atoms with E-state index in [1.54, 1.807) is 6.92 Å². The summed E-state index contributed by atoms with van der Waals surface area (Å²) in [7, 11) is 0. The van der Waals surface area contributed by atoms with Crippen LogP contribution in [0.2, 0.25) is 0 Å². The second-order valence-electron chi connectivity index (χ2n) is 8.12. The number of aromatic nitrogens is 3. The molecular weight excluding hydrogens is 408 g/mol. The molecule has 1 aliphatic rings. The van der Waals surface area contributed by atoms with Gasteiger partial charge in [-0.3, -0.25) is 4.90 Å². The summed E-state index contributed by atoms with van der Waals surface area (Å²) >= 11 is 0. The van der Waals surface area contributed by atoms with E-state index in [0.29, 0.717) is 23.8 Å². The Bertz CT molecular complexity index is 1070. The molecule has 0 amide bonds. The van der Waals surface area contributed by atoms with Crippen molar-refractivity contribution < 1.29 is 14.1 Å². The van der Waals surface area contributed by atoms with Crippen LogP contribution in [-0.4, -0.2) is 71.4 Å². The molecule has 1 saturated heterocycles. The zero-order valence-corrected chi connectivity index (χ0v) is 18.9. The summed E-state index contributed by atoms with van der Waals surface area (Å²) < 4.78 is 10.2. The number of nitrogens with zero attached hydrogens (tertiary/aromatic N) is 5. The predicted octanol–water partition coefficient (Wildman–Crippen LogP) is 3.12. The number of nitrogens with one attached hydrogen (secondary N) is 1. The quantitative estimate of drug-likeness (QED) is 0.420. The lowest BCUT2D eigenvalue weighted by Crippen LogP contribution is -2.52. The van der Waals surface area contributed by atoms with E-state index in [1.807, 2.05) is 0 Å². The summed E-state index contributed by atoms with van der Waals surface area (Å²) in [5, 5.41) is 7.59. The molecule has 1 N–H and O–H groups in total. The van der Waals surface area contributed by atoms with Crippen LogP contribution in [0.1, 0.15) is 36.3 Å². The summed E-state index contributed by atoms with van der Waals surface area (Å²) in [5.41, 5.74) is 2.97. The number of hydrogen-bond acceptors (Lipinski definition) is 9. The van der Waals surface area contributed by atoms with Gasteiger partial charge in [0.15, 0.2) is 0 Å². The maximum Gasteiger partial charge on any atom is 0.361 e. The average molecular weight is 439 g/mol. The monoisotopic (exact) mass is 438 g/mol. The van der Waals surface area contributed by atoms with Gasteiger partial charge in [-0.1, -0.05) is 17.3 Å². The Hall–Kier alpha value is -3.20. The van der Waals surface area contributed by atoms with Crippen molar-refractivity contribution in [1.29, 1.82) is 0 Å². The van der Waals surface area contributed by atoms with E-state index >= 15 is 0 Å². The Kier molecular flexibility index (Phi) is 6.84. The number of rotatable bonds is 8. The minimum atomic E-state index is -0.537. The van der Waals surface area contributed by atoms with Crippen LogP contribution >= 0.6 is 0 Å². The van der Waals surface area contributed by atoms with E-state index < -0.39 is 5.97 Å². The molecule has 3 heterocycles. The van der Waals surface area contributed by atoms with Gasteiger partial charge in [0.25, 0.3) is 5.71 Å². The first kappa shape index (κ1) is 22.0. The third-order valence-electron chi connectivity index (χ3n) is 5.73. The van der Waals surface area contributed by atoms with Crippen molar-refractivity contribution in [1.82, 2.24) is 20.0 Å². The number of carbonyl (C=O) groups is 1. The molecule has 0 bridgehead atoms.